The molecule has 8 heteroatoms. The van der Waals surface area contributed by atoms with Crippen LogP contribution in [0.15, 0.2) is 10.6 Å². The van der Waals surface area contributed by atoms with Crippen LogP contribution in [-0.2, 0) is 11.3 Å². The molecular weight excluding hydrogens is 322 g/mol. The Morgan fingerprint density at radius 3 is 2.48 bits per heavy atom. The molecule has 3 heterocycles. The van der Waals surface area contributed by atoms with Crippen LogP contribution in [0.5, 0.6) is 0 Å². The van der Waals surface area contributed by atoms with Crippen molar-refractivity contribution in [3.8, 4) is 0 Å². The molecule has 1 aromatic heterocycles. The first kappa shape index (κ1) is 17.7. The van der Waals surface area contributed by atoms with Gasteiger partial charge in [-0.3, -0.25) is 9.69 Å². The first-order valence-corrected chi connectivity index (χ1v) is 9.07. The molecular formula is C17H27N5O3. The predicted molar refractivity (Wildman–Crippen MR) is 91.9 cm³/mol. The van der Waals surface area contributed by atoms with E-state index in [2.05, 4.69) is 15.4 Å². The number of carbonyl (C=O) groups excluding carboxylic acids is 2. The van der Waals surface area contributed by atoms with Crippen molar-refractivity contribution in [3.63, 3.8) is 0 Å². The predicted octanol–water partition coefficient (Wildman–Crippen LogP) is 0.823. The molecule has 0 radical (unpaired) electrons. The van der Waals surface area contributed by atoms with Gasteiger partial charge in [-0.05, 0) is 19.8 Å². The van der Waals surface area contributed by atoms with Crippen LogP contribution in [-0.4, -0.2) is 77.6 Å². The molecule has 0 saturated carbocycles. The topological polar surface area (TPSA) is 81.9 Å². The minimum absolute atomic E-state index is 0.0793. The second kappa shape index (κ2) is 8.33. The molecule has 1 aromatic rings. The van der Waals surface area contributed by atoms with Crippen molar-refractivity contribution >= 4 is 11.9 Å². The normalized spacial score (nSPS) is 18.6. The van der Waals surface area contributed by atoms with Gasteiger partial charge in [0.2, 0.25) is 5.91 Å². The highest BCUT2D eigenvalue weighted by molar-refractivity contribution is 5.78. The molecule has 2 saturated heterocycles. The Morgan fingerprint density at radius 1 is 1.12 bits per heavy atom. The van der Waals surface area contributed by atoms with Crippen LogP contribution >= 0.6 is 0 Å². The number of aryl methyl sites for hydroxylation is 1. The lowest BCUT2D eigenvalue weighted by Gasteiger charge is -2.34. The van der Waals surface area contributed by atoms with Crippen LogP contribution in [0, 0.1) is 6.92 Å². The lowest BCUT2D eigenvalue weighted by Crippen LogP contribution is -2.51. The molecule has 0 unspecified atom stereocenters. The largest absolute Gasteiger partial charge is 0.360 e. The number of piperazine rings is 1. The molecule has 2 fully saturated rings. The summed E-state index contributed by atoms with van der Waals surface area (Å²) >= 11 is 0. The number of urea groups is 1. The quantitative estimate of drug-likeness (QED) is 0.851. The molecule has 0 aromatic carbocycles. The number of hydrogen-bond acceptors (Lipinski definition) is 5. The van der Waals surface area contributed by atoms with E-state index in [4.69, 9.17) is 4.52 Å². The minimum Gasteiger partial charge on any atom is -0.360 e. The van der Waals surface area contributed by atoms with Gasteiger partial charge < -0.3 is 19.6 Å². The highest BCUT2D eigenvalue weighted by atomic mass is 16.5. The highest BCUT2D eigenvalue weighted by Gasteiger charge is 2.22. The highest BCUT2D eigenvalue weighted by Crippen LogP contribution is 2.10. The van der Waals surface area contributed by atoms with E-state index in [-0.39, 0.29) is 11.9 Å². The minimum atomic E-state index is -0.0793. The molecule has 2 aliphatic rings. The number of carbonyl (C=O) groups is 2. The summed E-state index contributed by atoms with van der Waals surface area (Å²) in [4.78, 5) is 30.1. The first-order valence-electron chi connectivity index (χ1n) is 9.07. The van der Waals surface area contributed by atoms with E-state index in [0.717, 1.165) is 57.0 Å². The van der Waals surface area contributed by atoms with E-state index in [1.165, 1.54) is 0 Å². The van der Waals surface area contributed by atoms with Gasteiger partial charge in [0.1, 0.15) is 0 Å². The number of aromatic nitrogens is 1. The first-order chi connectivity index (χ1) is 12.1. The van der Waals surface area contributed by atoms with Crippen LogP contribution in [0.3, 0.4) is 0 Å². The Kier molecular flexibility index (Phi) is 5.91. The Bertz CT molecular complexity index is 589. The molecule has 3 rings (SSSR count). The fourth-order valence-corrected chi connectivity index (χ4v) is 3.33. The van der Waals surface area contributed by atoms with Gasteiger partial charge in [0.25, 0.3) is 0 Å². The van der Waals surface area contributed by atoms with E-state index < -0.39 is 0 Å². The Morgan fingerprint density at radius 2 is 1.84 bits per heavy atom. The van der Waals surface area contributed by atoms with Crippen LogP contribution in [0.2, 0.25) is 0 Å². The van der Waals surface area contributed by atoms with E-state index in [0.29, 0.717) is 26.1 Å². The molecule has 138 valence electrons. The number of hydrogen-bond donors (Lipinski definition) is 1. The summed E-state index contributed by atoms with van der Waals surface area (Å²) < 4.78 is 5.24. The molecule has 0 bridgehead atoms. The maximum atomic E-state index is 12.2. The molecule has 0 aliphatic carbocycles. The molecule has 1 N–H and O–H groups in total. The Labute approximate surface area is 148 Å². The SMILES string of the molecule is Cc1cc(CN2CCN(C(=O)NCCC(=O)N3CCCC3)CC2)on1. The van der Waals surface area contributed by atoms with E-state index in [9.17, 15) is 9.59 Å². The smallest absolute Gasteiger partial charge is 0.317 e. The summed E-state index contributed by atoms with van der Waals surface area (Å²) in [7, 11) is 0. The van der Waals surface area contributed by atoms with Crippen LogP contribution in [0.25, 0.3) is 0 Å². The van der Waals surface area contributed by atoms with Crippen LogP contribution in [0.1, 0.15) is 30.7 Å². The van der Waals surface area contributed by atoms with Gasteiger partial charge in [-0.15, -0.1) is 0 Å². The molecule has 0 spiro atoms. The average Bonchev–Trinajstić information content (AvgIpc) is 3.27. The van der Waals surface area contributed by atoms with Gasteiger partial charge in [0.05, 0.1) is 12.2 Å². The lowest BCUT2D eigenvalue weighted by molar-refractivity contribution is -0.129. The van der Waals surface area contributed by atoms with E-state index in [1.54, 1.807) is 0 Å². The second-order valence-electron chi connectivity index (χ2n) is 6.77. The molecule has 3 amide bonds. The van der Waals surface area contributed by atoms with Crippen molar-refractivity contribution < 1.29 is 14.1 Å². The zero-order valence-electron chi connectivity index (χ0n) is 14.9. The van der Waals surface area contributed by atoms with Crippen molar-refractivity contribution in [1.29, 1.82) is 0 Å². The van der Waals surface area contributed by atoms with E-state index >= 15 is 0 Å². The summed E-state index contributed by atoms with van der Waals surface area (Å²) in [5, 5.41) is 6.76. The fraction of sp³-hybridized carbons (Fsp3) is 0.706. The summed E-state index contributed by atoms with van der Waals surface area (Å²) in [5.74, 6) is 1.00. The Balaban J connectivity index is 1.33. The average molecular weight is 349 g/mol. The van der Waals surface area contributed by atoms with Crippen molar-refractivity contribution in [2.75, 3.05) is 45.8 Å². The number of nitrogens with zero attached hydrogens (tertiary/aromatic N) is 4. The van der Waals surface area contributed by atoms with Crippen molar-refractivity contribution in [2.45, 2.75) is 32.7 Å². The number of likely N-dealkylation sites (tertiary alicyclic amines) is 1. The monoisotopic (exact) mass is 349 g/mol. The summed E-state index contributed by atoms with van der Waals surface area (Å²) in [6.07, 6.45) is 2.57. The van der Waals surface area contributed by atoms with Gasteiger partial charge in [0.15, 0.2) is 5.76 Å². The van der Waals surface area contributed by atoms with Crippen molar-refractivity contribution in [3.05, 3.63) is 17.5 Å². The molecule has 25 heavy (non-hydrogen) atoms. The standard InChI is InChI=1S/C17H27N5O3/c1-14-12-15(25-19-14)13-20-8-10-22(11-9-20)17(24)18-5-4-16(23)21-6-2-3-7-21/h12H,2-11,13H2,1H3,(H,18,24). The zero-order valence-corrected chi connectivity index (χ0v) is 14.9. The number of amides is 3. The third-order valence-electron chi connectivity index (χ3n) is 4.79. The van der Waals surface area contributed by atoms with Crippen LogP contribution in [0.4, 0.5) is 4.79 Å². The van der Waals surface area contributed by atoms with Crippen molar-refractivity contribution in [1.82, 2.24) is 25.2 Å². The third kappa shape index (κ3) is 4.94. The van der Waals surface area contributed by atoms with Gasteiger partial charge in [0, 0.05) is 58.3 Å². The van der Waals surface area contributed by atoms with Gasteiger partial charge in [-0.25, -0.2) is 4.79 Å². The van der Waals surface area contributed by atoms with Gasteiger partial charge in [-0.1, -0.05) is 5.16 Å². The van der Waals surface area contributed by atoms with Gasteiger partial charge >= 0.3 is 6.03 Å². The van der Waals surface area contributed by atoms with E-state index in [1.807, 2.05) is 22.8 Å². The lowest BCUT2D eigenvalue weighted by atomic mass is 10.3. The number of nitrogens with one attached hydrogen (secondary N) is 1. The molecule has 2 aliphatic heterocycles. The zero-order chi connectivity index (χ0) is 17.6. The molecule has 0 atom stereocenters. The molecule has 8 nitrogen and oxygen atoms in total. The maximum absolute atomic E-state index is 12.2. The summed E-state index contributed by atoms with van der Waals surface area (Å²) in [5.41, 5.74) is 0.886. The Hall–Kier alpha value is -2.09. The maximum Gasteiger partial charge on any atom is 0.317 e. The summed E-state index contributed by atoms with van der Waals surface area (Å²) in [6, 6.07) is 1.86. The summed E-state index contributed by atoms with van der Waals surface area (Å²) in [6.45, 7) is 7.73. The third-order valence-corrected chi connectivity index (χ3v) is 4.79. The second-order valence-corrected chi connectivity index (χ2v) is 6.77. The van der Waals surface area contributed by atoms with Gasteiger partial charge in [-0.2, -0.15) is 0 Å². The van der Waals surface area contributed by atoms with Crippen LogP contribution < -0.4 is 5.32 Å². The fourth-order valence-electron chi connectivity index (χ4n) is 3.33. The number of rotatable bonds is 5. The van der Waals surface area contributed by atoms with Crippen molar-refractivity contribution in [2.24, 2.45) is 0 Å².